The summed E-state index contributed by atoms with van der Waals surface area (Å²) in [7, 11) is 1.65. The zero-order chi connectivity index (χ0) is 11.2. The van der Waals surface area contributed by atoms with E-state index >= 15 is 0 Å². The highest BCUT2D eigenvalue weighted by atomic mass is 32.1. The lowest BCUT2D eigenvalue weighted by Crippen LogP contribution is -1.97. The standard InChI is InChI=1S/C10H11N3O2S/c1-14-5-10-13-8(6-16-10)4-15-9-2-11-7-12-3-9/h2-3,6-7H,4-5H2,1H3. The molecule has 5 nitrogen and oxygen atoms in total. The summed E-state index contributed by atoms with van der Waals surface area (Å²) in [5.41, 5.74) is 0.890. The van der Waals surface area contributed by atoms with Gasteiger partial charge in [-0.1, -0.05) is 0 Å². The summed E-state index contributed by atoms with van der Waals surface area (Å²) < 4.78 is 10.5. The van der Waals surface area contributed by atoms with E-state index in [0.717, 1.165) is 10.7 Å². The van der Waals surface area contributed by atoms with Gasteiger partial charge in [-0.05, 0) is 0 Å². The maximum absolute atomic E-state index is 5.46. The average Bonchev–Trinajstić information content (AvgIpc) is 2.76. The molecule has 2 rings (SSSR count). The third-order valence-corrected chi connectivity index (χ3v) is 2.66. The van der Waals surface area contributed by atoms with Crippen LogP contribution in [0, 0.1) is 0 Å². The highest BCUT2D eigenvalue weighted by Crippen LogP contribution is 2.13. The zero-order valence-corrected chi connectivity index (χ0v) is 9.61. The maximum atomic E-state index is 5.46. The largest absolute Gasteiger partial charge is 0.484 e. The van der Waals surface area contributed by atoms with E-state index in [9.17, 15) is 0 Å². The smallest absolute Gasteiger partial charge is 0.156 e. The number of hydrogen-bond acceptors (Lipinski definition) is 6. The minimum absolute atomic E-state index is 0.424. The molecule has 0 aliphatic rings. The molecule has 0 saturated carbocycles. The van der Waals surface area contributed by atoms with Crippen LogP contribution in [-0.4, -0.2) is 22.1 Å². The van der Waals surface area contributed by atoms with Gasteiger partial charge < -0.3 is 9.47 Å². The zero-order valence-electron chi connectivity index (χ0n) is 8.79. The molecule has 16 heavy (non-hydrogen) atoms. The molecular weight excluding hydrogens is 226 g/mol. The first kappa shape index (κ1) is 11.0. The maximum Gasteiger partial charge on any atom is 0.156 e. The monoisotopic (exact) mass is 237 g/mol. The van der Waals surface area contributed by atoms with Crippen molar-refractivity contribution in [3.63, 3.8) is 0 Å². The molecule has 0 bridgehead atoms. The van der Waals surface area contributed by atoms with E-state index in [1.165, 1.54) is 6.33 Å². The van der Waals surface area contributed by atoms with Gasteiger partial charge in [0.2, 0.25) is 0 Å². The Hall–Kier alpha value is -1.53. The second-order valence-corrected chi connectivity index (χ2v) is 3.97. The molecule has 6 heteroatoms. The summed E-state index contributed by atoms with van der Waals surface area (Å²) in [5, 5.41) is 2.91. The number of hydrogen-bond donors (Lipinski definition) is 0. The predicted octanol–water partition coefficient (Wildman–Crippen LogP) is 1.66. The van der Waals surface area contributed by atoms with Crippen LogP contribution in [0.25, 0.3) is 0 Å². The average molecular weight is 237 g/mol. The summed E-state index contributed by atoms with van der Waals surface area (Å²) in [6.07, 6.45) is 4.71. The molecule has 2 aromatic heterocycles. The van der Waals surface area contributed by atoms with Gasteiger partial charge in [-0.3, -0.25) is 0 Å². The summed E-state index contributed by atoms with van der Waals surface area (Å²) in [5.74, 6) is 0.642. The van der Waals surface area contributed by atoms with E-state index in [1.54, 1.807) is 30.8 Å². The van der Waals surface area contributed by atoms with Gasteiger partial charge >= 0.3 is 0 Å². The molecule has 0 N–H and O–H groups in total. The first-order valence-corrected chi connectivity index (χ1v) is 5.56. The normalized spacial score (nSPS) is 10.3. The number of methoxy groups -OCH3 is 1. The highest BCUT2D eigenvalue weighted by Gasteiger charge is 2.02. The first-order chi connectivity index (χ1) is 7.88. The lowest BCUT2D eigenvalue weighted by molar-refractivity contribution is 0.184. The Morgan fingerprint density at radius 1 is 1.25 bits per heavy atom. The summed E-state index contributed by atoms with van der Waals surface area (Å²) in [4.78, 5) is 12.1. The molecule has 0 aliphatic carbocycles. The van der Waals surface area contributed by atoms with E-state index < -0.39 is 0 Å². The molecule has 0 aromatic carbocycles. The molecule has 2 aromatic rings. The Balaban J connectivity index is 1.89. The molecule has 2 heterocycles. The van der Waals surface area contributed by atoms with Crippen molar-refractivity contribution in [1.82, 2.24) is 15.0 Å². The number of ether oxygens (including phenoxy) is 2. The molecule has 0 unspecified atom stereocenters. The number of aromatic nitrogens is 3. The fraction of sp³-hybridized carbons (Fsp3) is 0.300. The quantitative estimate of drug-likeness (QED) is 0.791. The van der Waals surface area contributed by atoms with Crippen molar-refractivity contribution in [3.05, 3.63) is 34.8 Å². The molecule has 84 valence electrons. The van der Waals surface area contributed by atoms with Gasteiger partial charge in [0.05, 0.1) is 24.7 Å². The van der Waals surface area contributed by atoms with Gasteiger partial charge in [-0.2, -0.15) is 0 Å². The van der Waals surface area contributed by atoms with Gasteiger partial charge in [0, 0.05) is 12.5 Å². The van der Waals surface area contributed by atoms with Crippen LogP contribution in [0.4, 0.5) is 0 Å². The number of nitrogens with zero attached hydrogens (tertiary/aromatic N) is 3. The molecule has 0 atom stereocenters. The van der Waals surface area contributed by atoms with Crippen LogP contribution in [0.3, 0.4) is 0 Å². The molecule has 0 fully saturated rings. The highest BCUT2D eigenvalue weighted by molar-refractivity contribution is 7.09. The van der Waals surface area contributed by atoms with Crippen LogP contribution in [0.2, 0.25) is 0 Å². The minimum atomic E-state index is 0.424. The van der Waals surface area contributed by atoms with E-state index in [4.69, 9.17) is 9.47 Å². The Morgan fingerprint density at radius 3 is 2.81 bits per heavy atom. The fourth-order valence-corrected chi connectivity index (χ4v) is 1.87. The molecule has 0 amide bonds. The number of rotatable bonds is 5. The van der Waals surface area contributed by atoms with Crippen LogP contribution in [0.5, 0.6) is 5.75 Å². The van der Waals surface area contributed by atoms with Gasteiger partial charge in [-0.25, -0.2) is 15.0 Å². The Morgan fingerprint density at radius 2 is 2.06 bits per heavy atom. The van der Waals surface area contributed by atoms with E-state index in [-0.39, 0.29) is 0 Å². The topological polar surface area (TPSA) is 57.1 Å². The van der Waals surface area contributed by atoms with Crippen molar-refractivity contribution in [2.75, 3.05) is 7.11 Å². The van der Waals surface area contributed by atoms with E-state index in [1.807, 2.05) is 5.38 Å². The minimum Gasteiger partial charge on any atom is -0.484 e. The first-order valence-electron chi connectivity index (χ1n) is 4.68. The number of thiazole rings is 1. The summed E-state index contributed by atoms with van der Waals surface area (Å²) in [6, 6.07) is 0. The lowest BCUT2D eigenvalue weighted by Gasteiger charge is -2.01. The molecule has 0 radical (unpaired) electrons. The molecule has 0 saturated heterocycles. The second kappa shape index (κ2) is 5.53. The Kier molecular flexibility index (Phi) is 3.79. The van der Waals surface area contributed by atoms with Crippen LogP contribution in [0.1, 0.15) is 10.7 Å². The third-order valence-electron chi connectivity index (χ3n) is 1.79. The van der Waals surface area contributed by atoms with Crippen molar-refractivity contribution in [1.29, 1.82) is 0 Å². The SMILES string of the molecule is COCc1nc(COc2cncnc2)cs1. The van der Waals surface area contributed by atoms with Gasteiger partial charge in [0.1, 0.15) is 17.9 Å². The van der Waals surface area contributed by atoms with E-state index in [0.29, 0.717) is 19.0 Å². The van der Waals surface area contributed by atoms with Crippen molar-refractivity contribution >= 4 is 11.3 Å². The van der Waals surface area contributed by atoms with Crippen LogP contribution < -0.4 is 4.74 Å². The van der Waals surface area contributed by atoms with Crippen molar-refractivity contribution < 1.29 is 9.47 Å². The van der Waals surface area contributed by atoms with Gasteiger partial charge in [0.15, 0.2) is 5.75 Å². The second-order valence-electron chi connectivity index (χ2n) is 3.03. The molecule has 0 spiro atoms. The van der Waals surface area contributed by atoms with Crippen molar-refractivity contribution in [2.45, 2.75) is 13.2 Å². The van der Waals surface area contributed by atoms with Gasteiger partial charge in [0.25, 0.3) is 0 Å². The molecular formula is C10H11N3O2S. The predicted molar refractivity (Wildman–Crippen MR) is 59.2 cm³/mol. The van der Waals surface area contributed by atoms with Crippen molar-refractivity contribution in [2.24, 2.45) is 0 Å². The fourth-order valence-electron chi connectivity index (χ4n) is 1.12. The van der Waals surface area contributed by atoms with Gasteiger partial charge in [-0.15, -0.1) is 11.3 Å². The van der Waals surface area contributed by atoms with Crippen LogP contribution in [0.15, 0.2) is 24.1 Å². The summed E-state index contributed by atoms with van der Waals surface area (Å²) in [6.45, 7) is 0.965. The van der Waals surface area contributed by atoms with Crippen molar-refractivity contribution in [3.8, 4) is 5.75 Å². The lowest BCUT2D eigenvalue weighted by atomic mass is 10.5. The third kappa shape index (κ3) is 2.98. The Bertz CT molecular complexity index is 433. The summed E-state index contributed by atoms with van der Waals surface area (Å²) >= 11 is 1.56. The van der Waals surface area contributed by atoms with Crippen LogP contribution >= 0.6 is 11.3 Å². The van der Waals surface area contributed by atoms with Crippen LogP contribution in [-0.2, 0) is 18.0 Å². The molecule has 0 aliphatic heterocycles. The van der Waals surface area contributed by atoms with E-state index in [2.05, 4.69) is 15.0 Å². The Labute approximate surface area is 97.1 Å².